The number of carboxylic acid groups (broad SMARTS) is 1. The molecule has 3 rings (SSSR count). The summed E-state index contributed by atoms with van der Waals surface area (Å²) in [4.78, 5) is 49.6. The molecular formula is C19H24N4O6. The first-order valence-corrected chi connectivity index (χ1v) is 9.46. The van der Waals surface area contributed by atoms with Gasteiger partial charge in [0.1, 0.15) is 6.54 Å². The first kappa shape index (κ1) is 20.7. The molecule has 10 heteroatoms. The number of carbonyl (C=O) groups excluding carboxylic acids is 3. The van der Waals surface area contributed by atoms with Gasteiger partial charge in [0, 0.05) is 18.0 Å². The van der Waals surface area contributed by atoms with E-state index in [2.05, 4.69) is 15.5 Å². The number of amides is 2. The Morgan fingerprint density at radius 2 is 2.00 bits per heavy atom. The van der Waals surface area contributed by atoms with Crippen LogP contribution in [0, 0.1) is 11.8 Å². The number of hydrogen-bond donors (Lipinski definition) is 2. The Balaban J connectivity index is 1.69. The molecule has 1 atom stereocenters. The predicted molar refractivity (Wildman–Crippen MR) is 98.6 cm³/mol. The van der Waals surface area contributed by atoms with E-state index in [0.29, 0.717) is 24.1 Å². The molecule has 2 N–H and O–H groups in total. The third-order valence-corrected chi connectivity index (χ3v) is 5.03. The second-order valence-electron chi connectivity index (χ2n) is 8.04. The number of carbonyl (C=O) groups is 4. The minimum Gasteiger partial charge on any atom is -0.480 e. The zero-order valence-electron chi connectivity index (χ0n) is 16.4. The molecule has 10 nitrogen and oxygen atoms in total. The van der Waals surface area contributed by atoms with Crippen LogP contribution in [0.1, 0.15) is 38.8 Å². The molecule has 0 bridgehead atoms. The van der Waals surface area contributed by atoms with Crippen molar-refractivity contribution in [3.63, 3.8) is 0 Å². The number of carboxylic acids is 1. The third kappa shape index (κ3) is 5.07. The van der Waals surface area contributed by atoms with Gasteiger partial charge in [-0.1, -0.05) is 0 Å². The highest BCUT2D eigenvalue weighted by Gasteiger charge is 2.48. The van der Waals surface area contributed by atoms with Crippen molar-refractivity contribution in [3.8, 4) is 5.88 Å². The molecule has 2 fully saturated rings. The summed E-state index contributed by atoms with van der Waals surface area (Å²) in [5, 5.41) is 18.9. The summed E-state index contributed by atoms with van der Waals surface area (Å²) in [6.45, 7) is 3.48. The van der Waals surface area contributed by atoms with Gasteiger partial charge >= 0.3 is 5.97 Å². The van der Waals surface area contributed by atoms with Crippen LogP contribution in [0.15, 0.2) is 12.1 Å². The lowest BCUT2D eigenvalue weighted by molar-refractivity contribution is -0.158. The summed E-state index contributed by atoms with van der Waals surface area (Å²) >= 11 is 0. The molecule has 1 aliphatic heterocycles. The number of aliphatic carboxylic acids is 1. The zero-order valence-corrected chi connectivity index (χ0v) is 16.4. The Morgan fingerprint density at radius 3 is 2.59 bits per heavy atom. The van der Waals surface area contributed by atoms with Crippen molar-refractivity contribution < 1.29 is 29.0 Å². The van der Waals surface area contributed by atoms with Crippen LogP contribution in [0.25, 0.3) is 0 Å². The van der Waals surface area contributed by atoms with E-state index in [4.69, 9.17) is 9.84 Å². The zero-order chi connectivity index (χ0) is 21.2. The largest absolute Gasteiger partial charge is 0.480 e. The summed E-state index contributed by atoms with van der Waals surface area (Å²) in [5.74, 6) is -3.94. The van der Waals surface area contributed by atoms with Crippen molar-refractivity contribution in [1.29, 1.82) is 0 Å². The molecular weight excluding hydrogens is 380 g/mol. The van der Waals surface area contributed by atoms with Crippen molar-refractivity contribution >= 4 is 23.6 Å². The number of likely N-dealkylation sites (tertiary alicyclic amines) is 1. The maximum absolute atomic E-state index is 12.9. The van der Waals surface area contributed by atoms with Crippen LogP contribution in [0.3, 0.4) is 0 Å². The highest BCUT2D eigenvalue weighted by molar-refractivity contribution is 6.20. The lowest BCUT2D eigenvalue weighted by Gasteiger charge is -2.43. The molecule has 1 saturated carbocycles. The number of Topliss-reactive ketones (excluding diaryl/α,β-unsaturated/α-hetero) is 1. The Hall–Kier alpha value is -3.04. The molecule has 0 radical (unpaired) electrons. The number of ketones is 1. The fourth-order valence-electron chi connectivity index (χ4n) is 3.19. The molecule has 1 aromatic heterocycles. The summed E-state index contributed by atoms with van der Waals surface area (Å²) in [7, 11) is 0. The maximum Gasteiger partial charge on any atom is 0.322 e. The summed E-state index contributed by atoms with van der Waals surface area (Å²) in [5.41, 5.74) is -0.329. The number of ether oxygens (including phenoxy) is 1. The Bertz CT molecular complexity index is 818. The maximum atomic E-state index is 12.9. The van der Waals surface area contributed by atoms with E-state index in [-0.39, 0.29) is 13.0 Å². The molecule has 29 heavy (non-hydrogen) atoms. The van der Waals surface area contributed by atoms with Crippen LogP contribution in [0.4, 0.5) is 0 Å². The summed E-state index contributed by atoms with van der Waals surface area (Å²) in [6, 6.07) is 3.36. The van der Waals surface area contributed by atoms with Crippen molar-refractivity contribution in [1.82, 2.24) is 20.4 Å². The van der Waals surface area contributed by atoms with Gasteiger partial charge in [0.2, 0.25) is 17.7 Å². The fourth-order valence-corrected chi connectivity index (χ4v) is 3.19. The molecule has 1 unspecified atom stereocenters. The number of hydrogen-bond acceptors (Lipinski definition) is 7. The molecule has 2 heterocycles. The molecule has 0 spiro atoms. The summed E-state index contributed by atoms with van der Waals surface area (Å²) < 4.78 is 5.55. The molecule has 2 aliphatic rings. The second-order valence-corrected chi connectivity index (χ2v) is 8.04. The molecule has 1 aliphatic carbocycles. The molecule has 2 amide bonds. The normalized spacial score (nSPS) is 21.0. The standard InChI is InChI=1S/C19H24N4O6/c1-19(2)7-13(24)16(17(27)20-8-15(25)26)18(28)23(19)9-12-5-6-14(22-21-12)29-10-11-3-4-11/h5-6,11,16H,3-4,7-10H2,1-2H3,(H,20,27)(H,25,26). The van der Waals surface area contributed by atoms with E-state index < -0.39 is 41.6 Å². The van der Waals surface area contributed by atoms with Gasteiger partial charge in [-0.3, -0.25) is 19.2 Å². The number of aromatic nitrogens is 2. The lowest BCUT2D eigenvalue weighted by Crippen LogP contribution is -2.60. The van der Waals surface area contributed by atoms with E-state index in [1.807, 2.05) is 0 Å². The number of piperidine rings is 1. The predicted octanol–water partition coefficient (Wildman–Crippen LogP) is 0.162. The average Bonchev–Trinajstić information content (AvgIpc) is 3.46. The van der Waals surface area contributed by atoms with Crippen LogP contribution in [-0.2, 0) is 25.7 Å². The average molecular weight is 404 g/mol. The third-order valence-electron chi connectivity index (χ3n) is 5.03. The van der Waals surface area contributed by atoms with Crippen LogP contribution in [-0.4, -0.2) is 62.5 Å². The monoisotopic (exact) mass is 404 g/mol. The highest BCUT2D eigenvalue weighted by atomic mass is 16.5. The minimum atomic E-state index is -1.56. The van der Waals surface area contributed by atoms with E-state index in [9.17, 15) is 19.2 Å². The van der Waals surface area contributed by atoms with Gasteiger partial charge in [0.05, 0.1) is 18.8 Å². The lowest BCUT2D eigenvalue weighted by atomic mass is 9.82. The van der Waals surface area contributed by atoms with Gasteiger partial charge in [-0.2, -0.15) is 5.10 Å². The van der Waals surface area contributed by atoms with E-state index in [1.54, 1.807) is 26.0 Å². The molecule has 156 valence electrons. The second kappa shape index (κ2) is 8.14. The Morgan fingerprint density at radius 1 is 1.28 bits per heavy atom. The van der Waals surface area contributed by atoms with Crippen LogP contribution < -0.4 is 10.1 Å². The SMILES string of the molecule is CC1(C)CC(=O)C(C(=O)NCC(=O)O)C(=O)N1Cc1ccc(OCC2CC2)nn1. The van der Waals surface area contributed by atoms with Crippen molar-refractivity contribution in [2.45, 2.75) is 45.2 Å². The van der Waals surface area contributed by atoms with E-state index in [0.717, 1.165) is 12.8 Å². The van der Waals surface area contributed by atoms with E-state index in [1.165, 1.54) is 4.90 Å². The Kier molecular flexibility index (Phi) is 5.81. The first-order chi connectivity index (χ1) is 13.7. The molecule has 1 aromatic rings. The topological polar surface area (TPSA) is 139 Å². The minimum absolute atomic E-state index is 0.0279. The van der Waals surface area contributed by atoms with Crippen molar-refractivity contribution in [3.05, 3.63) is 17.8 Å². The number of nitrogens with zero attached hydrogens (tertiary/aromatic N) is 3. The first-order valence-electron chi connectivity index (χ1n) is 9.46. The van der Waals surface area contributed by atoms with E-state index >= 15 is 0 Å². The van der Waals surface area contributed by atoms with Gasteiger partial charge < -0.3 is 20.1 Å². The van der Waals surface area contributed by atoms with Gasteiger partial charge in [-0.05, 0) is 38.7 Å². The van der Waals surface area contributed by atoms with Crippen LogP contribution >= 0.6 is 0 Å². The quantitative estimate of drug-likeness (QED) is 0.584. The van der Waals surface area contributed by atoms with Crippen LogP contribution in [0.2, 0.25) is 0 Å². The number of nitrogens with one attached hydrogen (secondary N) is 1. The summed E-state index contributed by atoms with van der Waals surface area (Å²) in [6.07, 6.45) is 2.30. The van der Waals surface area contributed by atoms with Gasteiger partial charge in [0.15, 0.2) is 11.7 Å². The van der Waals surface area contributed by atoms with Crippen LogP contribution in [0.5, 0.6) is 5.88 Å². The Labute approximate surface area is 167 Å². The van der Waals surface area contributed by atoms with Gasteiger partial charge in [-0.15, -0.1) is 5.10 Å². The fraction of sp³-hybridized carbons (Fsp3) is 0.579. The van der Waals surface area contributed by atoms with Crippen molar-refractivity contribution in [2.75, 3.05) is 13.2 Å². The molecule has 1 saturated heterocycles. The van der Waals surface area contributed by atoms with Crippen molar-refractivity contribution in [2.24, 2.45) is 11.8 Å². The molecule has 0 aromatic carbocycles. The smallest absolute Gasteiger partial charge is 0.322 e. The van der Waals surface area contributed by atoms with Gasteiger partial charge in [-0.25, -0.2) is 0 Å². The van der Waals surface area contributed by atoms with Gasteiger partial charge in [0.25, 0.3) is 0 Å². The highest BCUT2D eigenvalue weighted by Crippen LogP contribution is 2.31. The number of rotatable bonds is 8.